The second-order valence-corrected chi connectivity index (χ2v) is 4.94. The summed E-state index contributed by atoms with van der Waals surface area (Å²) in [6.07, 6.45) is -4.75. The largest absolute Gasteiger partial charge is 0.465 e. The first kappa shape index (κ1) is 17.5. The molecule has 0 aliphatic heterocycles. The zero-order valence-corrected chi connectivity index (χ0v) is 12.0. The molecule has 1 amide bonds. The van der Waals surface area contributed by atoms with Crippen molar-refractivity contribution >= 4 is 17.6 Å². The number of methoxy groups -OCH3 is 1. The summed E-state index contributed by atoms with van der Waals surface area (Å²) >= 11 is 0. The van der Waals surface area contributed by atoms with Gasteiger partial charge in [-0.15, -0.1) is 0 Å². The van der Waals surface area contributed by atoms with E-state index in [1.165, 1.54) is 12.1 Å². The lowest BCUT2D eigenvalue weighted by atomic mass is 9.91. The number of halogens is 3. The number of nitriles is 1. The molecule has 118 valence electrons. The highest BCUT2D eigenvalue weighted by Gasteiger charge is 2.53. The van der Waals surface area contributed by atoms with E-state index >= 15 is 0 Å². The number of rotatable bonds is 3. The third kappa shape index (κ3) is 3.36. The molecule has 1 aromatic rings. The lowest BCUT2D eigenvalue weighted by molar-refractivity contribution is -0.208. The summed E-state index contributed by atoms with van der Waals surface area (Å²) in [5.74, 6) is -2.20. The van der Waals surface area contributed by atoms with Crippen molar-refractivity contribution in [3.05, 3.63) is 29.3 Å². The lowest BCUT2D eigenvalue weighted by Crippen LogP contribution is -2.43. The van der Waals surface area contributed by atoms with Crippen LogP contribution in [0.4, 0.5) is 18.9 Å². The SMILES string of the molecule is COC(=O)c1cc(C#N)ccc1NC(=O)C(C)(C)C(F)(F)F. The molecule has 0 bridgehead atoms. The van der Waals surface area contributed by atoms with Gasteiger partial charge in [-0.05, 0) is 32.0 Å². The maximum Gasteiger partial charge on any atom is 0.402 e. The third-order valence-corrected chi connectivity index (χ3v) is 3.08. The van der Waals surface area contributed by atoms with E-state index in [1.807, 2.05) is 0 Å². The van der Waals surface area contributed by atoms with Crippen LogP contribution in [-0.2, 0) is 9.53 Å². The molecule has 1 rings (SSSR count). The first-order valence-electron chi connectivity index (χ1n) is 6.05. The van der Waals surface area contributed by atoms with E-state index in [0.717, 1.165) is 27.0 Å². The van der Waals surface area contributed by atoms with Crippen molar-refractivity contribution in [1.29, 1.82) is 5.26 Å². The molecule has 0 spiro atoms. The molecule has 0 radical (unpaired) electrons. The number of alkyl halides is 3. The van der Waals surface area contributed by atoms with Crippen LogP contribution >= 0.6 is 0 Å². The summed E-state index contributed by atoms with van der Waals surface area (Å²) in [6.45, 7) is 1.45. The fourth-order valence-corrected chi connectivity index (χ4v) is 1.41. The normalized spacial score (nSPS) is 11.5. The number of hydrogen-bond acceptors (Lipinski definition) is 4. The van der Waals surface area contributed by atoms with Gasteiger partial charge in [0.2, 0.25) is 5.91 Å². The van der Waals surface area contributed by atoms with Gasteiger partial charge in [-0.3, -0.25) is 4.79 Å². The predicted molar refractivity (Wildman–Crippen MR) is 71.0 cm³/mol. The van der Waals surface area contributed by atoms with Gasteiger partial charge in [0.15, 0.2) is 0 Å². The van der Waals surface area contributed by atoms with Crippen molar-refractivity contribution in [3.8, 4) is 6.07 Å². The van der Waals surface area contributed by atoms with Gasteiger partial charge in [0.25, 0.3) is 0 Å². The Balaban J connectivity index is 3.21. The highest BCUT2D eigenvalue weighted by molar-refractivity contribution is 6.03. The van der Waals surface area contributed by atoms with E-state index in [2.05, 4.69) is 10.1 Å². The second-order valence-electron chi connectivity index (χ2n) is 4.94. The first-order valence-corrected chi connectivity index (χ1v) is 6.05. The minimum Gasteiger partial charge on any atom is -0.465 e. The third-order valence-electron chi connectivity index (χ3n) is 3.08. The summed E-state index contributed by atoms with van der Waals surface area (Å²) in [5, 5.41) is 10.8. The fraction of sp³-hybridized carbons (Fsp3) is 0.357. The first-order chi connectivity index (χ1) is 10.0. The predicted octanol–water partition coefficient (Wildman–Crippen LogP) is 2.87. The standard InChI is InChI=1S/C14H13F3N2O3/c1-13(2,14(15,16)17)12(21)19-10-5-4-8(7-18)6-9(10)11(20)22-3/h4-6H,1-3H3,(H,19,21). The fourth-order valence-electron chi connectivity index (χ4n) is 1.41. The molecule has 0 saturated heterocycles. The summed E-state index contributed by atoms with van der Waals surface area (Å²) in [4.78, 5) is 23.5. The van der Waals surface area contributed by atoms with Crippen LogP contribution in [0.1, 0.15) is 29.8 Å². The summed E-state index contributed by atoms with van der Waals surface area (Å²) in [6, 6.07) is 5.35. The summed E-state index contributed by atoms with van der Waals surface area (Å²) < 4.78 is 43.0. The van der Waals surface area contributed by atoms with Crippen LogP contribution in [-0.4, -0.2) is 25.2 Å². The number of nitrogens with one attached hydrogen (secondary N) is 1. The molecule has 5 nitrogen and oxygen atoms in total. The van der Waals surface area contributed by atoms with E-state index in [9.17, 15) is 22.8 Å². The minimum absolute atomic E-state index is 0.105. The Morgan fingerprint density at radius 3 is 2.32 bits per heavy atom. The van der Waals surface area contributed by atoms with E-state index < -0.39 is 23.5 Å². The molecular formula is C14H13F3N2O3. The number of ether oxygens (including phenoxy) is 1. The van der Waals surface area contributed by atoms with E-state index in [4.69, 9.17) is 5.26 Å². The molecule has 0 aliphatic rings. The van der Waals surface area contributed by atoms with Gasteiger partial charge in [0.1, 0.15) is 5.41 Å². The Kier molecular flexibility index (Phi) is 4.81. The number of carbonyl (C=O) groups is 2. The molecule has 1 aromatic carbocycles. The highest BCUT2D eigenvalue weighted by Crippen LogP contribution is 2.38. The number of carbonyl (C=O) groups excluding carboxylic acids is 2. The van der Waals surface area contributed by atoms with Crippen molar-refractivity contribution < 1.29 is 27.5 Å². The summed E-state index contributed by atoms with van der Waals surface area (Å²) in [5.41, 5.74) is -2.90. The van der Waals surface area contributed by atoms with Crippen LogP contribution in [0.5, 0.6) is 0 Å². The molecular weight excluding hydrogens is 301 g/mol. The Morgan fingerprint density at radius 1 is 1.27 bits per heavy atom. The topological polar surface area (TPSA) is 79.2 Å². The van der Waals surface area contributed by atoms with E-state index in [-0.39, 0.29) is 16.8 Å². The Hall–Kier alpha value is -2.56. The van der Waals surface area contributed by atoms with Crippen LogP contribution in [0.3, 0.4) is 0 Å². The number of amides is 1. The van der Waals surface area contributed by atoms with Crippen LogP contribution in [0.15, 0.2) is 18.2 Å². The zero-order valence-electron chi connectivity index (χ0n) is 12.0. The van der Waals surface area contributed by atoms with Crippen molar-refractivity contribution in [1.82, 2.24) is 0 Å². The summed E-state index contributed by atoms with van der Waals surface area (Å²) in [7, 11) is 1.08. The quantitative estimate of drug-likeness (QED) is 0.870. The van der Waals surface area contributed by atoms with Gasteiger partial charge in [0, 0.05) is 0 Å². The number of hydrogen-bond donors (Lipinski definition) is 1. The minimum atomic E-state index is -4.75. The van der Waals surface area contributed by atoms with Gasteiger partial charge in [-0.2, -0.15) is 18.4 Å². The maximum atomic E-state index is 12.8. The van der Waals surface area contributed by atoms with Gasteiger partial charge in [0.05, 0.1) is 30.0 Å². The average Bonchev–Trinajstić information content (AvgIpc) is 2.45. The molecule has 0 unspecified atom stereocenters. The smallest absolute Gasteiger partial charge is 0.402 e. The van der Waals surface area contributed by atoms with Crippen molar-refractivity contribution in [3.63, 3.8) is 0 Å². The Morgan fingerprint density at radius 2 is 1.86 bits per heavy atom. The molecule has 0 aliphatic carbocycles. The molecule has 1 N–H and O–H groups in total. The average molecular weight is 314 g/mol. The monoisotopic (exact) mass is 314 g/mol. The van der Waals surface area contributed by atoms with Crippen molar-refractivity contribution in [2.75, 3.05) is 12.4 Å². The molecule has 0 atom stereocenters. The van der Waals surface area contributed by atoms with Gasteiger partial charge >= 0.3 is 12.1 Å². The molecule has 22 heavy (non-hydrogen) atoms. The second kappa shape index (κ2) is 6.05. The molecule has 0 heterocycles. The molecule has 0 aromatic heterocycles. The van der Waals surface area contributed by atoms with Crippen LogP contribution in [0.25, 0.3) is 0 Å². The van der Waals surface area contributed by atoms with Crippen LogP contribution in [0.2, 0.25) is 0 Å². The van der Waals surface area contributed by atoms with Crippen LogP contribution in [0, 0.1) is 16.7 Å². The molecule has 0 fully saturated rings. The highest BCUT2D eigenvalue weighted by atomic mass is 19.4. The van der Waals surface area contributed by atoms with Crippen molar-refractivity contribution in [2.24, 2.45) is 5.41 Å². The van der Waals surface area contributed by atoms with Gasteiger partial charge in [-0.1, -0.05) is 0 Å². The molecule has 8 heteroatoms. The number of anilines is 1. The van der Waals surface area contributed by atoms with E-state index in [1.54, 1.807) is 6.07 Å². The maximum absolute atomic E-state index is 12.8. The molecule has 0 saturated carbocycles. The lowest BCUT2D eigenvalue weighted by Gasteiger charge is -2.26. The Labute approximate surface area is 124 Å². The van der Waals surface area contributed by atoms with Crippen LogP contribution < -0.4 is 5.32 Å². The van der Waals surface area contributed by atoms with Crippen molar-refractivity contribution in [2.45, 2.75) is 20.0 Å². The number of benzene rings is 1. The van der Waals surface area contributed by atoms with E-state index in [0.29, 0.717) is 0 Å². The van der Waals surface area contributed by atoms with Gasteiger partial charge in [-0.25, -0.2) is 4.79 Å². The van der Waals surface area contributed by atoms with Gasteiger partial charge < -0.3 is 10.1 Å². The number of nitrogens with zero attached hydrogens (tertiary/aromatic N) is 1. The Bertz CT molecular complexity index is 646. The number of esters is 1. The zero-order chi connectivity index (χ0) is 17.1.